The summed E-state index contributed by atoms with van der Waals surface area (Å²) in [4.78, 5) is 39.1. The number of likely N-dealkylation sites (tertiary alicyclic amines) is 1. The van der Waals surface area contributed by atoms with E-state index in [1.165, 1.54) is 9.47 Å². The minimum Gasteiger partial charge on any atom is -0.497 e. The molecule has 1 atom stereocenters. The van der Waals surface area contributed by atoms with E-state index in [1.54, 1.807) is 49.6 Å². The number of carbonyl (C=O) groups excluding carboxylic acids is 2. The lowest BCUT2D eigenvalue weighted by Gasteiger charge is -2.31. The quantitative estimate of drug-likeness (QED) is 0.576. The smallest absolute Gasteiger partial charge is 0.420 e. The summed E-state index contributed by atoms with van der Waals surface area (Å²) in [7, 11) is 1.57. The van der Waals surface area contributed by atoms with E-state index in [2.05, 4.69) is 15.9 Å². The molecule has 2 amide bonds. The lowest BCUT2D eigenvalue weighted by Crippen LogP contribution is -2.46. The molecule has 0 radical (unpaired) electrons. The van der Waals surface area contributed by atoms with Gasteiger partial charge in [-0.15, -0.1) is 0 Å². The fourth-order valence-electron chi connectivity index (χ4n) is 3.45. The second-order valence-electron chi connectivity index (χ2n) is 6.57. The molecule has 4 rings (SSSR count). The van der Waals surface area contributed by atoms with Gasteiger partial charge in [0.05, 0.1) is 19.2 Å². The summed E-state index contributed by atoms with van der Waals surface area (Å²) in [6.45, 7) is 0.147. The molecule has 8 heteroatoms. The van der Waals surface area contributed by atoms with Gasteiger partial charge in [0, 0.05) is 10.9 Å². The summed E-state index contributed by atoms with van der Waals surface area (Å²) < 4.78 is 12.5. The maximum absolute atomic E-state index is 13.1. The summed E-state index contributed by atoms with van der Waals surface area (Å²) >= 11 is 3.34. The molecule has 0 aliphatic carbocycles. The van der Waals surface area contributed by atoms with Crippen LogP contribution in [0.5, 0.6) is 5.75 Å². The molecule has 7 nitrogen and oxygen atoms in total. The fourth-order valence-corrected chi connectivity index (χ4v) is 3.79. The number of carbonyl (C=O) groups is 2. The van der Waals surface area contributed by atoms with Crippen molar-refractivity contribution >= 4 is 38.8 Å². The van der Waals surface area contributed by atoms with E-state index in [0.717, 1.165) is 10.0 Å². The molecule has 3 aromatic rings. The number of hydrogen-bond acceptors (Lipinski definition) is 5. The summed E-state index contributed by atoms with van der Waals surface area (Å²) in [5.41, 5.74) is 1.73. The Labute approximate surface area is 168 Å². The molecule has 0 spiro atoms. The van der Waals surface area contributed by atoms with Crippen LogP contribution in [0.25, 0.3) is 11.1 Å². The van der Waals surface area contributed by atoms with E-state index in [-0.39, 0.29) is 25.3 Å². The van der Waals surface area contributed by atoms with Crippen LogP contribution in [0.15, 0.2) is 56.1 Å². The molecule has 1 saturated heterocycles. The Morgan fingerprint density at radius 1 is 1.14 bits per heavy atom. The number of halogens is 1. The first-order chi connectivity index (χ1) is 13.5. The van der Waals surface area contributed by atoms with Crippen LogP contribution in [0.3, 0.4) is 0 Å². The van der Waals surface area contributed by atoms with Gasteiger partial charge in [-0.1, -0.05) is 28.1 Å². The Morgan fingerprint density at radius 2 is 1.89 bits per heavy atom. The highest BCUT2D eigenvalue weighted by molar-refractivity contribution is 9.10. The van der Waals surface area contributed by atoms with Crippen LogP contribution in [0.2, 0.25) is 0 Å². The predicted molar refractivity (Wildman–Crippen MR) is 105 cm³/mol. The summed E-state index contributed by atoms with van der Waals surface area (Å²) in [6, 6.07) is 11.6. The molecule has 1 aromatic heterocycles. The number of methoxy groups -OCH3 is 1. The third kappa shape index (κ3) is 3.24. The molecule has 1 fully saturated rings. The summed E-state index contributed by atoms with van der Waals surface area (Å²) in [6.07, 6.45) is 0.448. The zero-order valence-electron chi connectivity index (χ0n) is 15.1. The highest BCUT2D eigenvalue weighted by Gasteiger charge is 2.37. The van der Waals surface area contributed by atoms with Crippen LogP contribution in [0, 0.1) is 0 Å². The van der Waals surface area contributed by atoms with Gasteiger partial charge in [-0.2, -0.15) is 0 Å². The molecule has 144 valence electrons. The van der Waals surface area contributed by atoms with E-state index in [4.69, 9.17) is 9.15 Å². The fraction of sp³-hybridized carbons (Fsp3) is 0.250. The van der Waals surface area contributed by atoms with Crippen LogP contribution in [-0.4, -0.2) is 28.4 Å². The van der Waals surface area contributed by atoms with Crippen LogP contribution in [0.4, 0.5) is 0 Å². The van der Waals surface area contributed by atoms with Gasteiger partial charge in [0.15, 0.2) is 5.58 Å². The topological polar surface area (TPSA) is 81.8 Å². The van der Waals surface area contributed by atoms with Crippen LogP contribution in [0.1, 0.15) is 24.4 Å². The standard InChI is InChI=1S/C20H17BrN2O5/c1-27-14-5-2-12(3-6-14)11-22-18(24)9-8-16(19(22)25)23-15-7-4-13(21)10-17(15)28-20(23)26/h2-7,10,16H,8-9,11H2,1H3. The second-order valence-corrected chi connectivity index (χ2v) is 7.49. The van der Waals surface area contributed by atoms with Crippen molar-refractivity contribution in [1.82, 2.24) is 9.47 Å². The number of benzene rings is 2. The van der Waals surface area contributed by atoms with E-state index in [0.29, 0.717) is 16.8 Å². The van der Waals surface area contributed by atoms with Gasteiger partial charge < -0.3 is 9.15 Å². The van der Waals surface area contributed by atoms with Crippen molar-refractivity contribution in [3.8, 4) is 5.75 Å². The van der Waals surface area contributed by atoms with Crippen molar-refractivity contribution < 1.29 is 18.7 Å². The van der Waals surface area contributed by atoms with Gasteiger partial charge in [-0.3, -0.25) is 19.1 Å². The van der Waals surface area contributed by atoms with Crippen LogP contribution >= 0.6 is 15.9 Å². The van der Waals surface area contributed by atoms with Crippen molar-refractivity contribution in [3.05, 3.63) is 63.1 Å². The van der Waals surface area contributed by atoms with E-state index >= 15 is 0 Å². The van der Waals surface area contributed by atoms with Crippen molar-refractivity contribution in [1.29, 1.82) is 0 Å². The first-order valence-electron chi connectivity index (χ1n) is 8.75. The number of amides is 2. The minimum atomic E-state index is -0.772. The highest BCUT2D eigenvalue weighted by atomic mass is 79.9. The maximum Gasteiger partial charge on any atom is 0.420 e. The molecule has 28 heavy (non-hydrogen) atoms. The average Bonchev–Trinajstić information content (AvgIpc) is 3.00. The third-order valence-corrected chi connectivity index (χ3v) is 5.36. The van der Waals surface area contributed by atoms with Gasteiger partial charge in [0.25, 0.3) is 5.91 Å². The molecule has 0 saturated carbocycles. The van der Waals surface area contributed by atoms with Crippen molar-refractivity contribution in [2.45, 2.75) is 25.4 Å². The molecule has 0 bridgehead atoms. The SMILES string of the molecule is COc1ccc(CN2C(=O)CCC(n3c(=O)oc4cc(Br)ccc43)C2=O)cc1. The van der Waals surface area contributed by atoms with Gasteiger partial charge in [-0.25, -0.2) is 4.79 Å². The number of nitrogens with zero attached hydrogens (tertiary/aromatic N) is 2. The van der Waals surface area contributed by atoms with E-state index < -0.39 is 17.7 Å². The number of ether oxygens (including phenoxy) is 1. The lowest BCUT2D eigenvalue weighted by molar-refractivity contribution is -0.151. The van der Waals surface area contributed by atoms with E-state index in [1.807, 2.05) is 0 Å². The number of hydrogen-bond donors (Lipinski definition) is 0. The van der Waals surface area contributed by atoms with Gasteiger partial charge >= 0.3 is 5.76 Å². The zero-order valence-corrected chi connectivity index (χ0v) is 16.6. The molecule has 1 aliphatic rings. The minimum absolute atomic E-state index is 0.147. The maximum atomic E-state index is 13.1. The average molecular weight is 445 g/mol. The molecule has 2 aromatic carbocycles. The first-order valence-corrected chi connectivity index (χ1v) is 9.55. The molecule has 1 aliphatic heterocycles. The third-order valence-electron chi connectivity index (χ3n) is 4.87. The van der Waals surface area contributed by atoms with E-state index in [9.17, 15) is 14.4 Å². The number of rotatable bonds is 4. The van der Waals surface area contributed by atoms with Crippen LogP contribution in [-0.2, 0) is 16.1 Å². The van der Waals surface area contributed by atoms with Crippen LogP contribution < -0.4 is 10.5 Å². The van der Waals surface area contributed by atoms with Crippen molar-refractivity contribution in [2.75, 3.05) is 7.11 Å². The Hall–Kier alpha value is -2.87. The second kappa shape index (κ2) is 7.27. The number of fused-ring (bicyclic) bond motifs is 1. The molecular weight excluding hydrogens is 428 g/mol. The monoisotopic (exact) mass is 444 g/mol. The Kier molecular flexibility index (Phi) is 4.80. The Bertz CT molecular complexity index is 1120. The lowest BCUT2D eigenvalue weighted by atomic mass is 10.0. The predicted octanol–water partition coefficient (Wildman–Crippen LogP) is 3.26. The number of piperidine rings is 1. The normalized spacial score (nSPS) is 17.4. The number of imide groups is 1. The molecule has 2 heterocycles. The first kappa shape index (κ1) is 18.5. The molecule has 1 unspecified atom stereocenters. The summed E-state index contributed by atoms with van der Waals surface area (Å²) in [5.74, 6) is -0.564. The molecular formula is C20H17BrN2O5. The van der Waals surface area contributed by atoms with Gasteiger partial charge in [-0.05, 0) is 42.3 Å². The Morgan fingerprint density at radius 3 is 2.61 bits per heavy atom. The largest absolute Gasteiger partial charge is 0.497 e. The van der Waals surface area contributed by atoms with Crippen molar-refractivity contribution in [2.24, 2.45) is 0 Å². The number of oxazole rings is 1. The molecule has 0 N–H and O–H groups in total. The van der Waals surface area contributed by atoms with Gasteiger partial charge in [0.1, 0.15) is 11.8 Å². The van der Waals surface area contributed by atoms with Crippen molar-refractivity contribution in [3.63, 3.8) is 0 Å². The highest BCUT2D eigenvalue weighted by Crippen LogP contribution is 2.29. The zero-order chi connectivity index (χ0) is 19.8. The Balaban J connectivity index is 1.66. The summed E-state index contributed by atoms with van der Waals surface area (Å²) in [5, 5.41) is 0. The number of aromatic nitrogens is 1. The van der Waals surface area contributed by atoms with Gasteiger partial charge in [0.2, 0.25) is 5.91 Å².